The molecule has 0 saturated carbocycles. The van der Waals surface area contributed by atoms with Crippen LogP contribution in [0.3, 0.4) is 0 Å². The number of carbonyl (C=O) groups excluding carboxylic acids is 1. The van der Waals surface area contributed by atoms with E-state index in [1.165, 1.54) is 13.0 Å². The molecule has 0 bridgehead atoms. The molecule has 0 unspecified atom stereocenters. The van der Waals surface area contributed by atoms with E-state index in [0.717, 1.165) is 6.20 Å². The molecule has 0 spiro atoms. The van der Waals surface area contributed by atoms with Crippen molar-refractivity contribution >= 4 is 11.7 Å². The standard InChI is InChI=1S/C10H8F3N3O3/c1-2-18-9(17)5-4-16-6(3-14)8(7(5)15)19-10(11,12)13/h4H,2H2,1H3,(H2,15,16). The quantitative estimate of drug-likeness (QED) is 0.841. The van der Waals surface area contributed by atoms with E-state index in [4.69, 9.17) is 11.0 Å². The van der Waals surface area contributed by atoms with E-state index in [9.17, 15) is 18.0 Å². The molecule has 1 rings (SSSR count). The predicted octanol–water partition coefficient (Wildman–Crippen LogP) is 1.61. The highest BCUT2D eigenvalue weighted by Gasteiger charge is 2.34. The molecule has 0 aliphatic carbocycles. The van der Waals surface area contributed by atoms with Crippen LogP contribution in [0.2, 0.25) is 0 Å². The number of alkyl halides is 3. The van der Waals surface area contributed by atoms with Gasteiger partial charge in [-0.3, -0.25) is 0 Å². The second-order valence-electron chi connectivity index (χ2n) is 3.14. The van der Waals surface area contributed by atoms with Crippen LogP contribution in [0.25, 0.3) is 0 Å². The Morgan fingerprint density at radius 3 is 2.68 bits per heavy atom. The van der Waals surface area contributed by atoms with E-state index < -0.39 is 35.0 Å². The number of nitriles is 1. The molecule has 9 heteroatoms. The van der Waals surface area contributed by atoms with Crippen LogP contribution in [0.15, 0.2) is 6.20 Å². The summed E-state index contributed by atoms with van der Waals surface area (Å²) < 4.78 is 44.8. The SMILES string of the molecule is CCOC(=O)c1cnc(C#N)c(OC(F)(F)F)c1N. The maximum Gasteiger partial charge on any atom is 0.573 e. The van der Waals surface area contributed by atoms with Gasteiger partial charge < -0.3 is 15.2 Å². The number of carbonyl (C=O) groups is 1. The molecule has 0 saturated heterocycles. The van der Waals surface area contributed by atoms with Crippen molar-refractivity contribution in [3.8, 4) is 11.8 Å². The third kappa shape index (κ3) is 3.48. The third-order valence-electron chi connectivity index (χ3n) is 1.89. The first-order valence-electron chi connectivity index (χ1n) is 4.91. The molecule has 102 valence electrons. The Bertz CT molecular complexity index is 537. The van der Waals surface area contributed by atoms with E-state index in [1.807, 2.05) is 0 Å². The number of halogens is 3. The molecule has 0 aliphatic rings. The lowest BCUT2D eigenvalue weighted by Crippen LogP contribution is -2.20. The van der Waals surface area contributed by atoms with Crippen LogP contribution in [0.4, 0.5) is 18.9 Å². The van der Waals surface area contributed by atoms with Gasteiger partial charge in [0.2, 0.25) is 0 Å². The molecule has 0 amide bonds. The molecule has 0 aromatic carbocycles. The number of esters is 1. The van der Waals surface area contributed by atoms with Gasteiger partial charge >= 0.3 is 12.3 Å². The van der Waals surface area contributed by atoms with Crippen LogP contribution in [0.1, 0.15) is 23.0 Å². The first-order valence-corrected chi connectivity index (χ1v) is 4.91. The molecule has 0 fully saturated rings. The number of nitrogens with zero attached hydrogens (tertiary/aromatic N) is 2. The Morgan fingerprint density at radius 1 is 1.58 bits per heavy atom. The number of aromatic nitrogens is 1. The van der Waals surface area contributed by atoms with E-state index in [1.54, 1.807) is 0 Å². The summed E-state index contributed by atoms with van der Waals surface area (Å²) in [5.41, 5.74) is 3.65. The van der Waals surface area contributed by atoms with Crippen LogP contribution in [-0.4, -0.2) is 23.9 Å². The Hall–Kier alpha value is -2.50. The number of nitrogens with two attached hydrogens (primary N) is 1. The van der Waals surface area contributed by atoms with Gasteiger partial charge in [-0.15, -0.1) is 13.2 Å². The minimum absolute atomic E-state index is 0.00767. The zero-order valence-electron chi connectivity index (χ0n) is 9.61. The highest BCUT2D eigenvalue weighted by molar-refractivity contribution is 5.96. The highest BCUT2D eigenvalue weighted by Crippen LogP contribution is 2.33. The summed E-state index contributed by atoms with van der Waals surface area (Å²) in [5.74, 6) is -1.97. The molecule has 1 aromatic rings. The molecular weight excluding hydrogens is 267 g/mol. The Kier molecular flexibility index (Phi) is 4.16. The first kappa shape index (κ1) is 14.6. The van der Waals surface area contributed by atoms with Crippen LogP contribution >= 0.6 is 0 Å². The van der Waals surface area contributed by atoms with Crippen molar-refractivity contribution in [2.75, 3.05) is 12.3 Å². The van der Waals surface area contributed by atoms with Gasteiger partial charge in [-0.2, -0.15) is 5.26 Å². The molecule has 1 heterocycles. The molecule has 19 heavy (non-hydrogen) atoms. The minimum Gasteiger partial charge on any atom is -0.462 e. The van der Waals surface area contributed by atoms with Gasteiger partial charge in [-0.05, 0) is 6.92 Å². The van der Waals surface area contributed by atoms with Gasteiger partial charge in [0.1, 0.15) is 11.6 Å². The largest absolute Gasteiger partial charge is 0.573 e. The molecule has 0 radical (unpaired) electrons. The van der Waals surface area contributed by atoms with Crippen molar-refractivity contribution in [1.82, 2.24) is 4.98 Å². The fourth-order valence-corrected chi connectivity index (χ4v) is 1.18. The number of anilines is 1. The Labute approximate surface area is 105 Å². The van der Waals surface area contributed by atoms with Crippen molar-refractivity contribution in [2.24, 2.45) is 0 Å². The van der Waals surface area contributed by atoms with E-state index in [-0.39, 0.29) is 6.61 Å². The number of hydrogen-bond donors (Lipinski definition) is 1. The number of pyridine rings is 1. The van der Waals surface area contributed by atoms with Crippen molar-refractivity contribution in [3.63, 3.8) is 0 Å². The minimum atomic E-state index is -5.06. The second kappa shape index (κ2) is 5.43. The van der Waals surface area contributed by atoms with Crippen LogP contribution < -0.4 is 10.5 Å². The summed E-state index contributed by atoms with van der Waals surface area (Å²) in [5, 5.41) is 8.64. The Morgan fingerprint density at radius 2 is 2.21 bits per heavy atom. The fraction of sp³-hybridized carbons (Fsp3) is 0.300. The molecule has 1 aromatic heterocycles. The van der Waals surface area contributed by atoms with Gasteiger partial charge in [-0.25, -0.2) is 9.78 Å². The lowest BCUT2D eigenvalue weighted by Gasteiger charge is -2.13. The van der Waals surface area contributed by atoms with Gasteiger partial charge in [-0.1, -0.05) is 0 Å². The maximum atomic E-state index is 12.2. The van der Waals surface area contributed by atoms with E-state index in [2.05, 4.69) is 14.5 Å². The number of nitrogen functional groups attached to an aromatic ring is 1. The van der Waals surface area contributed by atoms with Crippen molar-refractivity contribution in [1.29, 1.82) is 5.26 Å². The molecule has 6 nitrogen and oxygen atoms in total. The van der Waals surface area contributed by atoms with Crippen molar-refractivity contribution < 1.29 is 27.4 Å². The smallest absolute Gasteiger partial charge is 0.462 e. The fourth-order valence-electron chi connectivity index (χ4n) is 1.18. The number of rotatable bonds is 3. The van der Waals surface area contributed by atoms with Crippen LogP contribution in [0, 0.1) is 11.3 Å². The molecular formula is C10H8F3N3O3. The lowest BCUT2D eigenvalue weighted by molar-refractivity contribution is -0.274. The zero-order valence-corrected chi connectivity index (χ0v) is 9.61. The second-order valence-corrected chi connectivity index (χ2v) is 3.14. The summed E-state index contributed by atoms with van der Waals surface area (Å²) in [6.45, 7) is 1.52. The van der Waals surface area contributed by atoms with Crippen molar-refractivity contribution in [3.05, 3.63) is 17.5 Å². The summed E-state index contributed by atoms with van der Waals surface area (Å²) in [6.07, 6.45) is -4.20. The number of ether oxygens (including phenoxy) is 2. The van der Waals surface area contributed by atoms with E-state index in [0.29, 0.717) is 0 Å². The predicted molar refractivity (Wildman–Crippen MR) is 56.0 cm³/mol. The van der Waals surface area contributed by atoms with Crippen molar-refractivity contribution in [2.45, 2.75) is 13.3 Å². The van der Waals surface area contributed by atoms with E-state index >= 15 is 0 Å². The van der Waals surface area contributed by atoms with Crippen LogP contribution in [0.5, 0.6) is 5.75 Å². The average Bonchev–Trinajstić information content (AvgIpc) is 2.30. The monoisotopic (exact) mass is 275 g/mol. The molecule has 2 N–H and O–H groups in total. The summed E-state index contributed by atoms with van der Waals surface area (Å²) in [7, 11) is 0. The van der Waals surface area contributed by atoms with Gasteiger partial charge in [0, 0.05) is 6.20 Å². The number of hydrogen-bond acceptors (Lipinski definition) is 6. The topological polar surface area (TPSA) is 98.2 Å². The third-order valence-corrected chi connectivity index (χ3v) is 1.89. The normalized spacial score (nSPS) is 10.7. The zero-order chi connectivity index (χ0) is 14.6. The highest BCUT2D eigenvalue weighted by atomic mass is 19.4. The summed E-state index contributed by atoms with van der Waals surface area (Å²) in [4.78, 5) is 14.8. The van der Waals surface area contributed by atoms with Gasteiger partial charge in [0.25, 0.3) is 0 Å². The van der Waals surface area contributed by atoms with Crippen LogP contribution in [-0.2, 0) is 4.74 Å². The summed E-state index contributed by atoms with van der Waals surface area (Å²) in [6, 6.07) is 1.39. The first-order chi connectivity index (χ1) is 8.80. The average molecular weight is 275 g/mol. The Balaban J connectivity index is 3.31. The van der Waals surface area contributed by atoms with Gasteiger partial charge in [0.15, 0.2) is 11.4 Å². The molecule has 0 atom stereocenters. The van der Waals surface area contributed by atoms with Gasteiger partial charge in [0.05, 0.1) is 12.3 Å². The molecule has 0 aliphatic heterocycles. The maximum absolute atomic E-state index is 12.2. The summed E-state index contributed by atoms with van der Waals surface area (Å²) >= 11 is 0. The lowest BCUT2D eigenvalue weighted by atomic mass is 10.2.